The Kier molecular flexibility index (Phi) is 4.77. The van der Waals surface area contributed by atoms with Gasteiger partial charge in [-0.15, -0.1) is 0 Å². The summed E-state index contributed by atoms with van der Waals surface area (Å²) in [6, 6.07) is 0.556. The zero-order valence-electron chi connectivity index (χ0n) is 9.69. The molecule has 0 aromatic carbocycles. The minimum Gasteiger partial charge on any atom is -0.480 e. The van der Waals surface area contributed by atoms with Crippen LogP contribution in [0.25, 0.3) is 0 Å². The molecule has 2 N–H and O–H groups in total. The second-order valence-electron chi connectivity index (χ2n) is 3.67. The minimum atomic E-state index is -4.65. The highest BCUT2D eigenvalue weighted by Gasteiger charge is 2.32. The number of aliphatic carboxylic acids is 2. The third-order valence-corrected chi connectivity index (χ3v) is 2.38. The van der Waals surface area contributed by atoms with E-state index in [-0.39, 0.29) is 5.82 Å². The van der Waals surface area contributed by atoms with E-state index in [1.165, 1.54) is 0 Å². The molecule has 0 atom stereocenters. The summed E-state index contributed by atoms with van der Waals surface area (Å²) < 4.78 is 37.3. The van der Waals surface area contributed by atoms with Crippen LogP contribution in [-0.4, -0.2) is 40.2 Å². The van der Waals surface area contributed by atoms with E-state index in [9.17, 15) is 22.8 Å². The van der Waals surface area contributed by atoms with Gasteiger partial charge in [-0.1, -0.05) is 11.6 Å². The SMILES string of the molecule is O=C(O)CN(CC(=O)O)c1ncc(C(F)(F)F)cc1Cl. The Hall–Kier alpha value is -2.03. The predicted octanol–water partition coefficient (Wildman–Crippen LogP) is 1.73. The molecule has 0 aliphatic carbocycles. The van der Waals surface area contributed by atoms with Crippen molar-refractivity contribution >= 4 is 29.4 Å². The van der Waals surface area contributed by atoms with Crippen molar-refractivity contribution in [2.24, 2.45) is 0 Å². The number of hydrogen-bond donors (Lipinski definition) is 2. The molecule has 110 valence electrons. The number of hydrogen-bond acceptors (Lipinski definition) is 4. The van der Waals surface area contributed by atoms with E-state index in [0.717, 1.165) is 4.90 Å². The average Bonchev–Trinajstić information content (AvgIpc) is 2.25. The largest absolute Gasteiger partial charge is 0.480 e. The van der Waals surface area contributed by atoms with E-state index in [1.54, 1.807) is 0 Å². The van der Waals surface area contributed by atoms with Crippen molar-refractivity contribution in [1.29, 1.82) is 0 Å². The first-order chi connectivity index (χ1) is 9.11. The number of nitrogens with zero attached hydrogens (tertiary/aromatic N) is 2. The van der Waals surface area contributed by atoms with Gasteiger partial charge in [-0.3, -0.25) is 9.59 Å². The fraction of sp³-hybridized carbons (Fsp3) is 0.300. The molecule has 1 aromatic heterocycles. The molecule has 20 heavy (non-hydrogen) atoms. The Morgan fingerprint density at radius 2 is 1.75 bits per heavy atom. The summed E-state index contributed by atoms with van der Waals surface area (Å²) >= 11 is 5.61. The standard InChI is InChI=1S/C10H8ClF3N2O4/c11-6-1-5(10(12,13)14)2-15-9(6)16(3-7(17)18)4-8(19)20/h1-2H,3-4H2,(H,17,18)(H,19,20). The van der Waals surface area contributed by atoms with Crippen LogP contribution in [0, 0.1) is 0 Å². The second-order valence-corrected chi connectivity index (χ2v) is 4.08. The normalized spacial score (nSPS) is 11.2. The molecule has 0 aliphatic rings. The zero-order valence-corrected chi connectivity index (χ0v) is 10.4. The molecule has 0 spiro atoms. The number of aromatic nitrogens is 1. The van der Waals surface area contributed by atoms with Crippen molar-refractivity contribution in [3.63, 3.8) is 0 Å². The summed E-state index contributed by atoms with van der Waals surface area (Å²) in [4.78, 5) is 25.4. The molecule has 0 saturated heterocycles. The van der Waals surface area contributed by atoms with Crippen molar-refractivity contribution in [2.75, 3.05) is 18.0 Å². The molecule has 0 bridgehead atoms. The van der Waals surface area contributed by atoms with Gasteiger partial charge in [0.05, 0.1) is 10.6 Å². The first-order valence-electron chi connectivity index (χ1n) is 5.02. The number of alkyl halides is 3. The van der Waals surface area contributed by atoms with Crippen LogP contribution in [-0.2, 0) is 15.8 Å². The second kappa shape index (κ2) is 5.95. The summed E-state index contributed by atoms with van der Waals surface area (Å²) in [6.07, 6.45) is -4.20. The average molecular weight is 313 g/mol. The van der Waals surface area contributed by atoms with Gasteiger partial charge in [-0.2, -0.15) is 13.2 Å². The molecule has 1 heterocycles. The molecule has 0 unspecified atom stereocenters. The van der Waals surface area contributed by atoms with Crippen LogP contribution in [0.5, 0.6) is 0 Å². The molecule has 1 rings (SSSR count). The molecule has 1 aromatic rings. The molecule has 0 saturated carbocycles. The highest BCUT2D eigenvalue weighted by Crippen LogP contribution is 2.33. The van der Waals surface area contributed by atoms with Gasteiger partial charge in [0.2, 0.25) is 0 Å². The Balaban J connectivity index is 3.14. The van der Waals surface area contributed by atoms with Crippen LogP contribution in [0.1, 0.15) is 5.56 Å². The summed E-state index contributed by atoms with van der Waals surface area (Å²) in [5.74, 6) is -3.09. The smallest absolute Gasteiger partial charge is 0.417 e. The van der Waals surface area contributed by atoms with E-state index in [0.29, 0.717) is 12.3 Å². The number of pyridine rings is 1. The van der Waals surface area contributed by atoms with E-state index >= 15 is 0 Å². The number of rotatable bonds is 5. The van der Waals surface area contributed by atoms with Crippen LogP contribution in [0.15, 0.2) is 12.3 Å². The van der Waals surface area contributed by atoms with Crippen molar-refractivity contribution in [1.82, 2.24) is 4.98 Å². The number of carboxylic acid groups (broad SMARTS) is 2. The monoisotopic (exact) mass is 312 g/mol. The van der Waals surface area contributed by atoms with Crippen LogP contribution < -0.4 is 4.90 Å². The summed E-state index contributed by atoms with van der Waals surface area (Å²) in [6.45, 7) is -1.52. The number of carbonyl (C=O) groups is 2. The highest BCUT2D eigenvalue weighted by molar-refractivity contribution is 6.33. The summed E-state index contributed by atoms with van der Waals surface area (Å²) in [5.41, 5.74) is -1.11. The lowest BCUT2D eigenvalue weighted by Crippen LogP contribution is -2.35. The fourth-order valence-electron chi connectivity index (χ4n) is 1.35. The maximum absolute atomic E-state index is 12.4. The van der Waals surface area contributed by atoms with Crippen LogP contribution >= 0.6 is 11.6 Å². The Morgan fingerprint density at radius 1 is 1.25 bits per heavy atom. The molecular weight excluding hydrogens is 305 g/mol. The summed E-state index contributed by atoms with van der Waals surface area (Å²) in [5, 5.41) is 16.8. The van der Waals surface area contributed by atoms with Crippen LogP contribution in [0.4, 0.5) is 19.0 Å². The molecular formula is C10H8ClF3N2O4. The first-order valence-corrected chi connectivity index (χ1v) is 5.40. The third-order valence-electron chi connectivity index (χ3n) is 2.10. The topological polar surface area (TPSA) is 90.7 Å². The minimum absolute atomic E-state index is 0.343. The molecule has 0 amide bonds. The van der Waals surface area contributed by atoms with E-state index in [2.05, 4.69) is 4.98 Å². The molecule has 0 aliphatic heterocycles. The van der Waals surface area contributed by atoms with Crippen molar-refractivity contribution in [3.05, 3.63) is 22.8 Å². The van der Waals surface area contributed by atoms with E-state index in [1.807, 2.05) is 0 Å². The predicted molar refractivity (Wildman–Crippen MR) is 61.7 cm³/mol. The maximum atomic E-state index is 12.4. The quantitative estimate of drug-likeness (QED) is 0.860. The van der Waals surface area contributed by atoms with Gasteiger partial charge in [-0.05, 0) is 6.07 Å². The molecule has 6 nitrogen and oxygen atoms in total. The lowest BCUT2D eigenvalue weighted by atomic mass is 10.2. The van der Waals surface area contributed by atoms with Gasteiger partial charge in [0, 0.05) is 6.20 Å². The molecule has 0 radical (unpaired) electrons. The lowest BCUT2D eigenvalue weighted by Gasteiger charge is -2.21. The number of anilines is 1. The Morgan fingerprint density at radius 3 is 2.10 bits per heavy atom. The van der Waals surface area contributed by atoms with Gasteiger partial charge in [0.15, 0.2) is 0 Å². The Bertz CT molecular complexity index is 520. The number of halogens is 4. The van der Waals surface area contributed by atoms with Crippen molar-refractivity contribution in [3.8, 4) is 0 Å². The van der Waals surface area contributed by atoms with Crippen molar-refractivity contribution < 1.29 is 33.0 Å². The van der Waals surface area contributed by atoms with Crippen molar-refractivity contribution in [2.45, 2.75) is 6.18 Å². The van der Waals surface area contributed by atoms with Gasteiger partial charge < -0.3 is 15.1 Å². The third kappa shape index (κ3) is 4.26. The van der Waals surface area contributed by atoms with Gasteiger partial charge in [0.25, 0.3) is 0 Å². The van der Waals surface area contributed by atoms with Crippen LogP contribution in [0.3, 0.4) is 0 Å². The van der Waals surface area contributed by atoms with Gasteiger partial charge >= 0.3 is 18.1 Å². The zero-order chi connectivity index (χ0) is 15.5. The fourth-order valence-corrected chi connectivity index (χ4v) is 1.64. The Labute approximate surface area is 115 Å². The van der Waals surface area contributed by atoms with Crippen LogP contribution in [0.2, 0.25) is 5.02 Å². The molecule has 10 heteroatoms. The number of carboxylic acids is 2. The lowest BCUT2D eigenvalue weighted by molar-refractivity contribution is -0.138. The molecule has 0 fully saturated rings. The van der Waals surface area contributed by atoms with Gasteiger partial charge in [-0.25, -0.2) is 4.98 Å². The summed E-state index contributed by atoms with van der Waals surface area (Å²) in [7, 11) is 0. The first kappa shape index (κ1) is 16.0. The maximum Gasteiger partial charge on any atom is 0.417 e. The van der Waals surface area contributed by atoms with E-state index in [4.69, 9.17) is 21.8 Å². The van der Waals surface area contributed by atoms with E-state index < -0.39 is 41.8 Å². The van der Waals surface area contributed by atoms with Gasteiger partial charge in [0.1, 0.15) is 18.9 Å². The highest BCUT2D eigenvalue weighted by atomic mass is 35.5.